The smallest absolute Gasteiger partial charge is 0.328 e. The monoisotopic (exact) mass is 1040 g/mol. The van der Waals surface area contributed by atoms with Crippen molar-refractivity contribution in [3.05, 3.63) is 18.2 Å². The number of H-pyrrole nitrogens is 1. The molecule has 0 aliphatic carbocycles. The molecule has 0 bridgehead atoms. The molecule has 0 saturated carbocycles. The molecule has 11 atom stereocenters. The van der Waals surface area contributed by atoms with E-state index >= 15 is 0 Å². The number of nitrogens with zero attached hydrogens (tertiary/aromatic N) is 3. The average Bonchev–Trinajstić information content (AvgIpc) is 4.16. The summed E-state index contributed by atoms with van der Waals surface area (Å²) in [7, 11) is 0. The minimum absolute atomic E-state index is 0.0833. The van der Waals surface area contributed by atoms with Crippen molar-refractivity contribution in [3.63, 3.8) is 0 Å². The van der Waals surface area contributed by atoms with Crippen molar-refractivity contribution in [2.75, 3.05) is 39.5 Å². The van der Waals surface area contributed by atoms with Gasteiger partial charge in [-0.2, -0.15) is 0 Å². The summed E-state index contributed by atoms with van der Waals surface area (Å²) in [5.74, 6) is -11.3. The zero-order chi connectivity index (χ0) is 54.7. The lowest BCUT2D eigenvalue weighted by molar-refractivity contribution is -0.148. The van der Waals surface area contributed by atoms with Crippen LogP contribution in [0, 0.1) is 5.92 Å². The zero-order valence-corrected chi connectivity index (χ0v) is 40.7. The van der Waals surface area contributed by atoms with Crippen LogP contribution in [0.2, 0.25) is 0 Å². The molecule has 2 saturated heterocycles. The Balaban J connectivity index is 1.77. The highest BCUT2D eigenvalue weighted by Gasteiger charge is 2.45. The molecule has 0 spiro atoms. The molecule has 2 aliphatic heterocycles. The molecular formula is C43H69N13O17. The number of carbonyl (C=O) groups is 11. The Labute approximate surface area is 418 Å². The Hall–Kier alpha value is -6.86. The van der Waals surface area contributed by atoms with E-state index in [9.17, 15) is 83.4 Å². The molecule has 1 aromatic heterocycles. The van der Waals surface area contributed by atoms with Gasteiger partial charge in [0.05, 0.1) is 38.9 Å². The second kappa shape index (κ2) is 29.0. The molecule has 30 nitrogen and oxygen atoms in total. The van der Waals surface area contributed by atoms with Gasteiger partial charge in [0.1, 0.15) is 60.4 Å². The first-order valence-electron chi connectivity index (χ1n) is 23.6. The van der Waals surface area contributed by atoms with Gasteiger partial charge in [-0.05, 0) is 51.4 Å². The lowest BCUT2D eigenvalue weighted by Crippen LogP contribution is -2.61. The second-order valence-electron chi connectivity index (χ2n) is 18.1. The number of aliphatic carboxylic acids is 1. The van der Waals surface area contributed by atoms with Crippen LogP contribution in [0.5, 0.6) is 0 Å². The van der Waals surface area contributed by atoms with E-state index in [2.05, 4.69) is 41.9 Å². The van der Waals surface area contributed by atoms with Crippen molar-refractivity contribution in [2.24, 2.45) is 17.4 Å². The van der Waals surface area contributed by atoms with Crippen LogP contribution in [0.4, 0.5) is 0 Å². The molecule has 2 fully saturated rings. The minimum atomic E-state index is -1.87. The first kappa shape index (κ1) is 60.4. The van der Waals surface area contributed by atoms with Crippen molar-refractivity contribution in [3.8, 4) is 0 Å². The number of aromatic amines is 1. The Bertz CT molecular complexity index is 2110. The third-order valence-electron chi connectivity index (χ3n) is 12.0. The molecule has 408 valence electrons. The number of imidazole rings is 1. The number of nitrogens with two attached hydrogens (primary N) is 2. The van der Waals surface area contributed by atoms with Gasteiger partial charge in [-0.3, -0.25) is 47.9 Å². The molecule has 10 amide bonds. The van der Waals surface area contributed by atoms with E-state index in [4.69, 9.17) is 11.5 Å². The van der Waals surface area contributed by atoms with Gasteiger partial charge >= 0.3 is 5.97 Å². The van der Waals surface area contributed by atoms with Crippen LogP contribution < -0.4 is 48.7 Å². The number of hydrogen-bond donors (Lipinski definition) is 16. The number of aromatic nitrogens is 2. The van der Waals surface area contributed by atoms with Crippen LogP contribution in [-0.2, 0) is 59.2 Å². The summed E-state index contributed by atoms with van der Waals surface area (Å²) in [6.45, 7) is 0.909. The highest BCUT2D eigenvalue weighted by molar-refractivity contribution is 5.99. The number of carboxylic acids is 1. The lowest BCUT2D eigenvalue weighted by atomic mass is 10.0. The predicted molar refractivity (Wildman–Crippen MR) is 249 cm³/mol. The lowest BCUT2D eigenvalue weighted by Gasteiger charge is -2.34. The summed E-state index contributed by atoms with van der Waals surface area (Å²) >= 11 is 0. The fourth-order valence-electron chi connectivity index (χ4n) is 7.94. The van der Waals surface area contributed by atoms with Crippen molar-refractivity contribution >= 4 is 65.0 Å². The van der Waals surface area contributed by atoms with Crippen LogP contribution in [0.3, 0.4) is 0 Å². The van der Waals surface area contributed by atoms with E-state index < -0.39 is 171 Å². The molecule has 30 heteroatoms. The summed E-state index contributed by atoms with van der Waals surface area (Å²) in [6, 6.07) is -15.1. The maximum absolute atomic E-state index is 14.3. The van der Waals surface area contributed by atoms with E-state index in [1.165, 1.54) is 29.2 Å². The molecule has 0 radical (unpaired) electrons. The molecule has 18 N–H and O–H groups in total. The molecule has 3 rings (SSSR count). The van der Waals surface area contributed by atoms with Crippen LogP contribution >= 0.6 is 0 Å². The predicted octanol–water partition coefficient (Wildman–Crippen LogP) is -8.60. The molecule has 0 aromatic carbocycles. The van der Waals surface area contributed by atoms with Gasteiger partial charge in [0.2, 0.25) is 59.1 Å². The van der Waals surface area contributed by atoms with Gasteiger partial charge in [0.25, 0.3) is 0 Å². The van der Waals surface area contributed by atoms with Crippen molar-refractivity contribution in [1.82, 2.24) is 57.0 Å². The number of rotatable bonds is 29. The Morgan fingerprint density at radius 3 is 1.60 bits per heavy atom. The van der Waals surface area contributed by atoms with Crippen LogP contribution in [0.15, 0.2) is 12.5 Å². The van der Waals surface area contributed by atoms with Crippen molar-refractivity contribution in [2.45, 2.75) is 139 Å². The Kier molecular flexibility index (Phi) is 24.0. The summed E-state index contributed by atoms with van der Waals surface area (Å²) < 4.78 is 0. The molecular weight excluding hydrogens is 971 g/mol. The first-order chi connectivity index (χ1) is 34.5. The number of hydrogen-bond acceptors (Lipinski definition) is 18. The normalized spacial score (nSPS) is 19.2. The van der Waals surface area contributed by atoms with Crippen molar-refractivity contribution in [1.29, 1.82) is 0 Å². The Morgan fingerprint density at radius 2 is 1.12 bits per heavy atom. The maximum atomic E-state index is 14.3. The van der Waals surface area contributed by atoms with Crippen LogP contribution in [-0.4, -0.2) is 221 Å². The van der Waals surface area contributed by atoms with E-state index in [0.29, 0.717) is 18.5 Å². The fraction of sp³-hybridized carbons (Fsp3) is 0.674. The average molecular weight is 1040 g/mol. The van der Waals surface area contributed by atoms with Crippen LogP contribution in [0.1, 0.15) is 71.4 Å². The fourth-order valence-corrected chi connectivity index (χ4v) is 7.94. The highest BCUT2D eigenvalue weighted by Crippen LogP contribution is 2.27. The minimum Gasteiger partial charge on any atom is -0.480 e. The second-order valence-corrected chi connectivity index (χ2v) is 18.1. The highest BCUT2D eigenvalue weighted by atomic mass is 16.4. The third-order valence-corrected chi connectivity index (χ3v) is 12.0. The van der Waals surface area contributed by atoms with E-state index in [-0.39, 0.29) is 44.7 Å². The van der Waals surface area contributed by atoms with E-state index in [0.717, 1.165) is 0 Å². The van der Waals surface area contributed by atoms with E-state index in [1.54, 1.807) is 13.8 Å². The number of primary amides is 1. The first-order valence-corrected chi connectivity index (χ1v) is 23.6. The summed E-state index contributed by atoms with van der Waals surface area (Å²) in [4.78, 5) is 154. The topological polar surface area (TPSA) is 481 Å². The number of carboxylic acid groups (broad SMARTS) is 1. The molecule has 73 heavy (non-hydrogen) atoms. The van der Waals surface area contributed by atoms with Crippen LogP contribution in [0.25, 0.3) is 0 Å². The number of nitrogens with one attached hydrogen (secondary N) is 8. The van der Waals surface area contributed by atoms with Gasteiger partial charge in [0, 0.05) is 37.8 Å². The van der Waals surface area contributed by atoms with Crippen molar-refractivity contribution < 1.29 is 83.4 Å². The van der Waals surface area contributed by atoms with Gasteiger partial charge in [0.15, 0.2) is 0 Å². The molecule has 1 aromatic rings. The van der Waals surface area contributed by atoms with E-state index in [1.807, 2.05) is 5.32 Å². The SMILES string of the molecule is CC(C)C[C@H](NC(=O)[C@H](CO)NC(=O)[C@@H](N)[C@@H](C)O)C(=O)N1CCC[C@H]1C(=O)N1CCC[C@H]1C(=O)N[C@@H](Cc1cnc[nH]1)C(=O)N[C@@H](CO)C(=O)N[C@@H](CO)C(=O)N[C@@H](CCC(N)=O)C(=O)N[C@@H](CO)C(=O)O. The largest absolute Gasteiger partial charge is 0.480 e. The van der Waals surface area contributed by atoms with Gasteiger partial charge in [-0.25, -0.2) is 9.78 Å². The zero-order valence-electron chi connectivity index (χ0n) is 40.7. The Morgan fingerprint density at radius 1 is 0.658 bits per heavy atom. The number of aliphatic hydroxyl groups excluding tert-OH is 5. The van der Waals surface area contributed by atoms with Gasteiger partial charge < -0.3 is 94.1 Å². The standard InChI is InChI=1S/C43H69N13O17/c1-20(2)12-25(50-37(66)28(17-59)53-40(69)33(45)21(3)61)41(70)56-11-5-7-31(56)42(71)55-10-4-6-30(55)39(68)49-24(13-22-14-46-19-47-22)35(64)51-27(16-58)38(67)52-26(15-57)36(65)48-23(8-9-32(44)62)34(63)54-29(18-60)43(72)73/h14,19-21,23-31,33,57-61H,4-13,15-18,45H2,1-3H3,(H2,44,62)(H,46,47)(H,48,65)(H,49,68)(H,50,66)(H,51,64)(H,52,67)(H,53,69)(H,54,63)(H,72,73)/t21-,23+,24+,25+,26+,27+,28+,29+,30+,31+,33+/m1/s1. The van der Waals surface area contributed by atoms with Gasteiger partial charge in [-0.1, -0.05) is 13.8 Å². The number of amides is 10. The summed E-state index contributed by atoms with van der Waals surface area (Å²) in [5, 5.41) is 74.2. The summed E-state index contributed by atoms with van der Waals surface area (Å²) in [5.41, 5.74) is 11.1. The molecule has 3 heterocycles. The summed E-state index contributed by atoms with van der Waals surface area (Å²) in [6.07, 6.45) is 1.28. The quantitative estimate of drug-likeness (QED) is 0.0354. The number of likely N-dealkylation sites (tertiary alicyclic amines) is 2. The molecule has 0 unspecified atom stereocenters. The molecule has 2 aliphatic rings. The number of carbonyl (C=O) groups excluding carboxylic acids is 10. The number of aliphatic hydroxyl groups is 5. The van der Waals surface area contributed by atoms with Gasteiger partial charge in [-0.15, -0.1) is 0 Å². The third kappa shape index (κ3) is 17.7. The maximum Gasteiger partial charge on any atom is 0.328 e.